The third kappa shape index (κ3) is 40.3. The van der Waals surface area contributed by atoms with E-state index in [0.717, 1.165) is 0 Å². The van der Waals surface area contributed by atoms with E-state index in [-0.39, 0.29) is 183 Å². The van der Waals surface area contributed by atoms with Crippen molar-refractivity contribution in [2.45, 2.75) is 0 Å². The summed E-state index contributed by atoms with van der Waals surface area (Å²) in [4.78, 5) is 0. The zero-order valence-corrected chi connectivity index (χ0v) is 20.0. The van der Waals surface area contributed by atoms with Gasteiger partial charge in [0.1, 0.15) is 0 Å². The van der Waals surface area contributed by atoms with Crippen molar-refractivity contribution in [2.75, 3.05) is 0 Å². The molecule has 0 aliphatic carbocycles. The molecule has 0 aliphatic heterocycles. The molecule has 0 fully saturated rings. The molecule has 0 amide bonds. The summed E-state index contributed by atoms with van der Waals surface area (Å²) in [5, 5.41) is 0. The molecule has 0 aromatic heterocycles. The average molecular weight is 537 g/mol. The molecular formula is Al3Zr5. The van der Waals surface area contributed by atoms with E-state index in [4.69, 9.17) is 0 Å². The van der Waals surface area contributed by atoms with Crippen LogP contribution in [0, 0.1) is 0 Å². The largest absolute Gasteiger partial charge is 0 e. The van der Waals surface area contributed by atoms with E-state index in [2.05, 4.69) is 0 Å². The van der Waals surface area contributed by atoms with E-state index in [1.807, 2.05) is 0 Å². The summed E-state index contributed by atoms with van der Waals surface area (Å²) >= 11 is 0. The van der Waals surface area contributed by atoms with Crippen molar-refractivity contribution in [1.82, 2.24) is 0 Å². The zero-order valence-electron chi connectivity index (χ0n) is 4.23. The van der Waals surface area contributed by atoms with Crippen molar-refractivity contribution in [1.29, 1.82) is 0 Å². The van der Waals surface area contributed by atoms with Gasteiger partial charge in [-0.2, -0.15) is 0 Å². The van der Waals surface area contributed by atoms with Gasteiger partial charge in [-0.05, 0) is 0 Å². The molecule has 0 aromatic rings. The molecule has 0 aromatic carbocycles. The second-order valence-corrected chi connectivity index (χ2v) is 0. The van der Waals surface area contributed by atoms with Crippen LogP contribution in [0.2, 0.25) is 0 Å². The molecule has 0 atom stereocenters. The van der Waals surface area contributed by atoms with Crippen molar-refractivity contribution in [3.63, 3.8) is 0 Å². The van der Waals surface area contributed by atoms with Crippen LogP contribution in [0.25, 0.3) is 0 Å². The van der Waals surface area contributed by atoms with Crippen LogP contribution in [0.15, 0.2) is 0 Å². The van der Waals surface area contributed by atoms with Crippen LogP contribution in [0.3, 0.4) is 0 Å². The summed E-state index contributed by atoms with van der Waals surface area (Å²) in [6, 6.07) is 0. The van der Waals surface area contributed by atoms with Gasteiger partial charge in [0, 0.05) is 183 Å². The van der Waals surface area contributed by atoms with Gasteiger partial charge < -0.3 is 0 Å². The normalized spacial score (nSPS) is 0. The minimum atomic E-state index is 0. The van der Waals surface area contributed by atoms with Crippen LogP contribution in [-0.4, -0.2) is 52.1 Å². The maximum Gasteiger partial charge on any atom is 0 e. The zero-order chi connectivity index (χ0) is 0. The summed E-state index contributed by atoms with van der Waals surface area (Å²) in [6.45, 7) is 0. The van der Waals surface area contributed by atoms with Crippen molar-refractivity contribution in [2.24, 2.45) is 0 Å². The minimum Gasteiger partial charge on any atom is 0 e. The maximum atomic E-state index is 0. The minimum absolute atomic E-state index is 0. The molecular weight excluding hydrogens is 537 g/mol. The van der Waals surface area contributed by atoms with E-state index in [1.54, 1.807) is 0 Å². The fraction of sp³-hybridized carbons (Fsp3) is 0. The average Bonchev–Trinajstić information content (AvgIpc) is 0. The second kappa shape index (κ2) is 51.9. The molecule has 0 spiro atoms. The first kappa shape index (κ1) is 65.6. The van der Waals surface area contributed by atoms with Crippen molar-refractivity contribution < 1.29 is 131 Å². The molecule has 8 heavy (non-hydrogen) atoms. The Morgan fingerprint density at radius 2 is 0.250 bits per heavy atom. The Kier molecular flexibility index (Phi) is 426. The molecule has 0 heterocycles. The first-order chi connectivity index (χ1) is 0. The van der Waals surface area contributed by atoms with Crippen molar-refractivity contribution in [3.05, 3.63) is 0 Å². The molecule has 0 N–H and O–H groups in total. The molecule has 9 radical (unpaired) electrons. The van der Waals surface area contributed by atoms with Gasteiger partial charge in [-0.25, -0.2) is 0 Å². The Bertz CT molecular complexity index is 7.64. The Balaban J connectivity index is 0. The van der Waals surface area contributed by atoms with E-state index in [1.165, 1.54) is 0 Å². The van der Waals surface area contributed by atoms with E-state index >= 15 is 0 Å². The summed E-state index contributed by atoms with van der Waals surface area (Å²) in [5.41, 5.74) is 0. The maximum absolute atomic E-state index is 0. The van der Waals surface area contributed by atoms with E-state index in [0.29, 0.717) is 0 Å². The summed E-state index contributed by atoms with van der Waals surface area (Å²) in [7, 11) is 0. The monoisotopic (exact) mass is 530 g/mol. The Labute approximate surface area is 178 Å². The molecule has 0 bridgehead atoms. The van der Waals surface area contributed by atoms with Crippen LogP contribution in [0.5, 0.6) is 0 Å². The quantitative estimate of drug-likeness (QED) is 0.343. The standard InChI is InChI=1S/3Al.5Zr. The molecule has 0 nitrogen and oxygen atoms in total. The second-order valence-electron chi connectivity index (χ2n) is 0. The SMILES string of the molecule is [Al].[Al].[Al].[Zr].[Zr].[Zr].[Zr].[Zr]. The molecule has 8 heteroatoms. The fourth-order valence-corrected chi connectivity index (χ4v) is 0. The van der Waals surface area contributed by atoms with Gasteiger partial charge in [0.25, 0.3) is 0 Å². The molecule has 0 saturated carbocycles. The Morgan fingerprint density at radius 1 is 0.250 bits per heavy atom. The smallest absolute Gasteiger partial charge is 0 e. The van der Waals surface area contributed by atoms with Gasteiger partial charge in [0.2, 0.25) is 0 Å². The van der Waals surface area contributed by atoms with Gasteiger partial charge in [-0.15, -0.1) is 0 Å². The van der Waals surface area contributed by atoms with Gasteiger partial charge in [0.15, 0.2) is 0 Å². The molecule has 29 valence electrons. The molecule has 0 aliphatic rings. The third-order valence-electron chi connectivity index (χ3n) is 0. The Morgan fingerprint density at radius 3 is 0.250 bits per heavy atom. The van der Waals surface area contributed by atoms with Crippen LogP contribution < -0.4 is 0 Å². The Hall–Kier alpha value is 6.01. The fourth-order valence-electron chi connectivity index (χ4n) is 0. The summed E-state index contributed by atoms with van der Waals surface area (Å²) in [5.74, 6) is 0. The van der Waals surface area contributed by atoms with E-state index in [9.17, 15) is 0 Å². The van der Waals surface area contributed by atoms with Gasteiger partial charge >= 0.3 is 0 Å². The summed E-state index contributed by atoms with van der Waals surface area (Å²) < 4.78 is 0. The predicted octanol–water partition coefficient (Wildman–Crippen LogP) is -1.15. The van der Waals surface area contributed by atoms with Crippen molar-refractivity contribution in [3.8, 4) is 0 Å². The molecule has 0 rings (SSSR count). The van der Waals surface area contributed by atoms with Crippen LogP contribution in [-0.2, 0) is 131 Å². The topological polar surface area (TPSA) is 0 Å². The van der Waals surface area contributed by atoms with Crippen molar-refractivity contribution >= 4 is 52.1 Å². The van der Waals surface area contributed by atoms with Crippen LogP contribution in [0.4, 0.5) is 0 Å². The van der Waals surface area contributed by atoms with Gasteiger partial charge in [-0.1, -0.05) is 0 Å². The predicted molar refractivity (Wildman–Crippen MR) is 17.3 cm³/mol. The number of hydrogen-bond acceptors (Lipinski definition) is 0. The summed E-state index contributed by atoms with van der Waals surface area (Å²) in [6.07, 6.45) is 0. The third-order valence-corrected chi connectivity index (χ3v) is 0. The first-order valence-corrected chi connectivity index (χ1v) is 0. The van der Waals surface area contributed by atoms with Crippen LogP contribution >= 0.6 is 0 Å². The van der Waals surface area contributed by atoms with Gasteiger partial charge in [-0.3, -0.25) is 0 Å². The molecule has 0 unspecified atom stereocenters. The van der Waals surface area contributed by atoms with Gasteiger partial charge in [0.05, 0.1) is 0 Å². The van der Waals surface area contributed by atoms with Crippen LogP contribution in [0.1, 0.15) is 0 Å². The first-order valence-electron chi connectivity index (χ1n) is 0. The molecule has 0 saturated heterocycles. The number of hydrogen-bond donors (Lipinski definition) is 0. The van der Waals surface area contributed by atoms with E-state index < -0.39 is 0 Å². The number of rotatable bonds is 0.